The van der Waals surface area contributed by atoms with E-state index in [0.29, 0.717) is 0 Å². The van der Waals surface area contributed by atoms with Crippen LogP contribution in [-0.4, -0.2) is 48.3 Å². The summed E-state index contributed by atoms with van der Waals surface area (Å²) in [6.07, 6.45) is 1.62. The smallest absolute Gasteiger partial charge is 0.362 e. The molecule has 10 nitrogen and oxygen atoms in total. The highest BCUT2D eigenvalue weighted by atomic mass is 32.1. The summed E-state index contributed by atoms with van der Waals surface area (Å²) in [6, 6.07) is 7.20. The van der Waals surface area contributed by atoms with Crippen LogP contribution in [0.3, 0.4) is 0 Å². The van der Waals surface area contributed by atoms with Crippen LogP contribution in [0.15, 0.2) is 30.6 Å². The molecule has 0 bridgehead atoms. The van der Waals surface area contributed by atoms with E-state index < -0.39 is 5.97 Å². The number of hydrogen-bond donors (Lipinski definition) is 1. The molecule has 0 aliphatic carbocycles. The molecular formula is C14H13N7O3S. The van der Waals surface area contributed by atoms with Crippen molar-refractivity contribution in [3.63, 3.8) is 0 Å². The second-order valence-electron chi connectivity index (χ2n) is 4.82. The molecule has 0 unspecified atom stereocenters. The first-order valence-electron chi connectivity index (χ1n) is 7.29. The van der Waals surface area contributed by atoms with Crippen molar-refractivity contribution in [2.24, 2.45) is 0 Å². The summed E-state index contributed by atoms with van der Waals surface area (Å²) in [5, 5.41) is 17.5. The molecule has 3 aromatic rings. The van der Waals surface area contributed by atoms with E-state index in [1.54, 1.807) is 31.2 Å². The van der Waals surface area contributed by atoms with Gasteiger partial charge in [-0.1, -0.05) is 16.6 Å². The van der Waals surface area contributed by atoms with Crippen molar-refractivity contribution in [1.82, 2.24) is 29.8 Å². The van der Waals surface area contributed by atoms with Gasteiger partial charge in [0.05, 0.1) is 18.7 Å². The number of rotatable bonds is 6. The van der Waals surface area contributed by atoms with Crippen LogP contribution in [0.1, 0.15) is 23.0 Å². The molecule has 0 aliphatic rings. The molecule has 3 rings (SSSR count). The molecule has 0 saturated heterocycles. The van der Waals surface area contributed by atoms with Crippen LogP contribution in [0.2, 0.25) is 0 Å². The molecule has 2 heterocycles. The van der Waals surface area contributed by atoms with Crippen molar-refractivity contribution in [3.05, 3.63) is 41.9 Å². The molecule has 128 valence electrons. The van der Waals surface area contributed by atoms with Gasteiger partial charge in [0, 0.05) is 11.5 Å². The van der Waals surface area contributed by atoms with Gasteiger partial charge in [0.2, 0.25) is 11.6 Å². The number of benzene rings is 1. The third-order valence-corrected chi connectivity index (χ3v) is 3.77. The van der Waals surface area contributed by atoms with Crippen molar-refractivity contribution in [3.8, 4) is 5.69 Å². The Kier molecular flexibility index (Phi) is 5.04. The average Bonchev–Trinajstić information content (AvgIpc) is 3.27. The van der Waals surface area contributed by atoms with Gasteiger partial charge in [0.25, 0.3) is 0 Å². The number of tetrazole rings is 1. The van der Waals surface area contributed by atoms with Crippen molar-refractivity contribution >= 4 is 28.4 Å². The molecule has 0 saturated carbocycles. The summed E-state index contributed by atoms with van der Waals surface area (Å²) >= 11 is 0.924. The second kappa shape index (κ2) is 7.57. The number of carbonyl (C=O) groups excluding carboxylic acids is 2. The standard InChI is InChI=1S/C14H13N7O3S/c1-2-24-14(23)12-13(25-20-17-12)16-11(22)7-9-3-5-10(6-4-9)21-8-15-18-19-21/h3-6,8H,2,7H2,1H3,(H,16,22). The lowest BCUT2D eigenvalue weighted by Crippen LogP contribution is -2.16. The van der Waals surface area contributed by atoms with Crippen LogP contribution in [0.5, 0.6) is 0 Å². The molecule has 0 spiro atoms. The third-order valence-electron chi connectivity index (χ3n) is 3.12. The highest BCUT2D eigenvalue weighted by molar-refractivity contribution is 7.10. The van der Waals surface area contributed by atoms with Gasteiger partial charge in [-0.2, -0.15) is 0 Å². The lowest BCUT2D eigenvalue weighted by molar-refractivity contribution is -0.115. The highest BCUT2D eigenvalue weighted by Gasteiger charge is 2.19. The van der Waals surface area contributed by atoms with Crippen molar-refractivity contribution in [1.29, 1.82) is 0 Å². The van der Waals surface area contributed by atoms with Crippen LogP contribution in [0.4, 0.5) is 5.00 Å². The zero-order chi connectivity index (χ0) is 17.6. The van der Waals surface area contributed by atoms with E-state index >= 15 is 0 Å². The number of anilines is 1. The number of aromatic nitrogens is 6. The van der Waals surface area contributed by atoms with Gasteiger partial charge >= 0.3 is 5.97 Å². The van der Waals surface area contributed by atoms with E-state index in [2.05, 4.69) is 30.4 Å². The van der Waals surface area contributed by atoms with Gasteiger partial charge < -0.3 is 10.1 Å². The number of nitrogens with zero attached hydrogens (tertiary/aromatic N) is 6. The zero-order valence-electron chi connectivity index (χ0n) is 13.1. The van der Waals surface area contributed by atoms with Crippen LogP contribution in [0.25, 0.3) is 5.69 Å². The lowest BCUT2D eigenvalue weighted by Gasteiger charge is -2.05. The minimum absolute atomic E-state index is 0.00855. The lowest BCUT2D eigenvalue weighted by atomic mass is 10.1. The number of carbonyl (C=O) groups is 2. The highest BCUT2D eigenvalue weighted by Crippen LogP contribution is 2.19. The molecule has 0 atom stereocenters. The number of hydrogen-bond acceptors (Lipinski definition) is 9. The predicted octanol–water partition coefficient (Wildman–Crippen LogP) is 0.872. The molecule has 1 aromatic carbocycles. The molecule has 1 amide bonds. The van der Waals surface area contributed by atoms with Crippen molar-refractivity contribution in [2.75, 3.05) is 11.9 Å². The Hall–Kier alpha value is -3.21. The van der Waals surface area contributed by atoms with E-state index in [1.807, 2.05) is 0 Å². The van der Waals surface area contributed by atoms with Crippen molar-refractivity contribution in [2.45, 2.75) is 13.3 Å². The Balaban J connectivity index is 1.63. The van der Waals surface area contributed by atoms with Gasteiger partial charge in [-0.05, 0) is 35.0 Å². The summed E-state index contributed by atoms with van der Waals surface area (Å²) in [6.45, 7) is 1.91. The molecule has 0 radical (unpaired) electrons. The number of ether oxygens (including phenoxy) is 1. The normalized spacial score (nSPS) is 10.4. The number of esters is 1. The first kappa shape index (κ1) is 16.6. The monoisotopic (exact) mass is 359 g/mol. The molecular weight excluding hydrogens is 346 g/mol. The third kappa shape index (κ3) is 4.01. The molecule has 0 aliphatic heterocycles. The molecule has 1 N–H and O–H groups in total. The van der Waals surface area contributed by atoms with Crippen LogP contribution >= 0.6 is 11.5 Å². The Bertz CT molecular complexity index is 861. The SMILES string of the molecule is CCOC(=O)c1nnsc1NC(=O)Cc1ccc(-n2cnnn2)cc1. The molecule has 0 fully saturated rings. The van der Waals surface area contributed by atoms with Gasteiger partial charge in [-0.25, -0.2) is 9.48 Å². The number of amides is 1. The Morgan fingerprint density at radius 3 is 2.76 bits per heavy atom. The quantitative estimate of drug-likeness (QED) is 0.643. The van der Waals surface area contributed by atoms with Crippen LogP contribution in [0, 0.1) is 0 Å². The maximum absolute atomic E-state index is 12.2. The average molecular weight is 359 g/mol. The van der Waals surface area contributed by atoms with Gasteiger partial charge in [-0.3, -0.25) is 4.79 Å². The molecule has 2 aromatic heterocycles. The summed E-state index contributed by atoms with van der Waals surface area (Å²) in [5.74, 6) is -0.899. The molecule has 11 heteroatoms. The minimum Gasteiger partial charge on any atom is -0.461 e. The van der Waals surface area contributed by atoms with Crippen molar-refractivity contribution < 1.29 is 14.3 Å². The maximum atomic E-state index is 12.2. The van der Waals surface area contributed by atoms with Gasteiger partial charge in [-0.15, -0.1) is 10.2 Å². The Morgan fingerprint density at radius 1 is 1.28 bits per heavy atom. The van der Waals surface area contributed by atoms with E-state index in [4.69, 9.17) is 4.74 Å². The zero-order valence-corrected chi connectivity index (χ0v) is 13.9. The van der Waals surface area contributed by atoms with Crippen LogP contribution in [-0.2, 0) is 16.0 Å². The van der Waals surface area contributed by atoms with E-state index in [9.17, 15) is 9.59 Å². The fourth-order valence-electron chi connectivity index (χ4n) is 2.01. The largest absolute Gasteiger partial charge is 0.461 e. The summed E-state index contributed by atoms with van der Waals surface area (Å²) in [5.41, 5.74) is 1.59. The Labute approximate surface area is 146 Å². The topological polar surface area (TPSA) is 125 Å². The van der Waals surface area contributed by atoms with E-state index in [-0.39, 0.29) is 29.6 Å². The van der Waals surface area contributed by atoms with E-state index in [1.165, 1.54) is 11.0 Å². The minimum atomic E-state index is -0.614. The predicted molar refractivity (Wildman–Crippen MR) is 87.4 cm³/mol. The maximum Gasteiger partial charge on any atom is 0.362 e. The fraction of sp³-hybridized carbons (Fsp3) is 0.214. The van der Waals surface area contributed by atoms with Gasteiger partial charge in [0.1, 0.15) is 6.33 Å². The summed E-state index contributed by atoms with van der Waals surface area (Å²) in [4.78, 5) is 23.9. The first-order valence-corrected chi connectivity index (χ1v) is 8.06. The number of nitrogens with one attached hydrogen (secondary N) is 1. The molecule has 25 heavy (non-hydrogen) atoms. The van der Waals surface area contributed by atoms with Crippen LogP contribution < -0.4 is 5.32 Å². The summed E-state index contributed by atoms with van der Waals surface area (Å²) in [7, 11) is 0. The fourth-order valence-corrected chi connectivity index (χ4v) is 2.58. The first-order chi connectivity index (χ1) is 12.2. The Morgan fingerprint density at radius 2 is 2.08 bits per heavy atom. The second-order valence-corrected chi connectivity index (χ2v) is 5.57. The summed E-state index contributed by atoms with van der Waals surface area (Å²) < 4.78 is 10.1. The van der Waals surface area contributed by atoms with E-state index in [0.717, 1.165) is 22.8 Å². The van der Waals surface area contributed by atoms with Gasteiger partial charge in [0.15, 0.2) is 5.00 Å².